The maximum absolute atomic E-state index is 10.8. The van der Waals surface area contributed by atoms with Crippen molar-refractivity contribution in [3.05, 3.63) is 35.9 Å². The van der Waals surface area contributed by atoms with Crippen LogP contribution in [0.2, 0.25) is 0 Å². The van der Waals surface area contributed by atoms with Gasteiger partial charge in [-0.05, 0) is 30.5 Å². The third-order valence-electron chi connectivity index (χ3n) is 3.06. The minimum Gasteiger partial charge on any atom is -0.372 e. The van der Waals surface area contributed by atoms with Crippen molar-refractivity contribution in [3.63, 3.8) is 0 Å². The second-order valence-corrected chi connectivity index (χ2v) is 5.69. The van der Waals surface area contributed by atoms with Crippen LogP contribution in [-0.2, 0) is 4.79 Å². The van der Waals surface area contributed by atoms with Crippen LogP contribution < -0.4 is 4.90 Å². The minimum absolute atomic E-state index is 0.170. The Morgan fingerprint density at radius 1 is 1.28 bits per heavy atom. The molecule has 0 aliphatic carbocycles. The molecule has 0 aromatic heterocycles. The van der Waals surface area contributed by atoms with Crippen molar-refractivity contribution in [1.82, 2.24) is 0 Å². The molecule has 1 aliphatic rings. The Morgan fingerprint density at radius 3 is 2.56 bits per heavy atom. The molecule has 18 heavy (non-hydrogen) atoms. The van der Waals surface area contributed by atoms with Crippen molar-refractivity contribution < 1.29 is 4.79 Å². The van der Waals surface area contributed by atoms with Crippen molar-refractivity contribution in [2.75, 3.05) is 23.7 Å². The Morgan fingerprint density at radius 2 is 1.94 bits per heavy atom. The standard InChI is InChI=1S/C15H19NOS/c1-13(17)18-12-4-5-14-6-8-15(9-7-14)16-10-2-3-11-16/h4-9H,2-3,10-12H2,1H3. The topological polar surface area (TPSA) is 20.3 Å². The highest BCUT2D eigenvalue weighted by Crippen LogP contribution is 2.20. The molecular formula is C15H19NOS. The van der Waals surface area contributed by atoms with E-state index >= 15 is 0 Å². The van der Waals surface area contributed by atoms with Crippen LogP contribution in [0.4, 0.5) is 5.69 Å². The number of nitrogens with zero attached hydrogens (tertiary/aromatic N) is 1. The number of carbonyl (C=O) groups excluding carboxylic acids is 1. The summed E-state index contributed by atoms with van der Waals surface area (Å²) in [4.78, 5) is 13.2. The fourth-order valence-electron chi connectivity index (χ4n) is 2.12. The lowest BCUT2D eigenvalue weighted by molar-refractivity contribution is -0.109. The molecule has 0 N–H and O–H groups in total. The van der Waals surface area contributed by atoms with Crippen molar-refractivity contribution in [1.29, 1.82) is 0 Å². The lowest BCUT2D eigenvalue weighted by Crippen LogP contribution is -2.17. The summed E-state index contributed by atoms with van der Waals surface area (Å²) in [6.07, 6.45) is 6.73. The number of carbonyl (C=O) groups is 1. The van der Waals surface area contributed by atoms with Crippen molar-refractivity contribution in [2.24, 2.45) is 0 Å². The average molecular weight is 261 g/mol. The summed E-state index contributed by atoms with van der Waals surface area (Å²) < 4.78 is 0. The third kappa shape index (κ3) is 3.91. The number of hydrogen-bond acceptors (Lipinski definition) is 3. The van der Waals surface area contributed by atoms with E-state index in [-0.39, 0.29) is 5.12 Å². The lowest BCUT2D eigenvalue weighted by atomic mass is 10.2. The molecule has 0 bridgehead atoms. The predicted octanol–water partition coefficient (Wildman–Crippen LogP) is 3.58. The van der Waals surface area contributed by atoms with E-state index in [0.717, 1.165) is 5.75 Å². The maximum atomic E-state index is 10.8. The van der Waals surface area contributed by atoms with Gasteiger partial charge in [0.05, 0.1) is 0 Å². The maximum Gasteiger partial charge on any atom is 0.186 e. The van der Waals surface area contributed by atoms with Gasteiger partial charge in [-0.25, -0.2) is 0 Å². The van der Waals surface area contributed by atoms with Crippen molar-refractivity contribution in [3.8, 4) is 0 Å². The molecule has 0 atom stereocenters. The molecule has 1 saturated heterocycles. The number of hydrogen-bond donors (Lipinski definition) is 0. The first-order chi connectivity index (χ1) is 8.75. The van der Waals surface area contributed by atoms with E-state index in [1.165, 1.54) is 48.9 Å². The van der Waals surface area contributed by atoms with Gasteiger partial charge in [-0.2, -0.15) is 0 Å². The van der Waals surface area contributed by atoms with Gasteiger partial charge in [-0.3, -0.25) is 4.79 Å². The Bertz CT molecular complexity index is 419. The zero-order valence-corrected chi connectivity index (χ0v) is 11.6. The van der Waals surface area contributed by atoms with Crippen molar-refractivity contribution >= 4 is 28.6 Å². The largest absolute Gasteiger partial charge is 0.372 e. The van der Waals surface area contributed by atoms with Gasteiger partial charge < -0.3 is 4.90 Å². The zero-order chi connectivity index (χ0) is 12.8. The second kappa shape index (κ2) is 6.64. The van der Waals surface area contributed by atoms with Crippen LogP contribution in [0.3, 0.4) is 0 Å². The first-order valence-corrected chi connectivity index (χ1v) is 7.39. The highest BCUT2D eigenvalue weighted by molar-refractivity contribution is 8.13. The molecule has 1 aliphatic heterocycles. The molecule has 0 saturated carbocycles. The molecule has 0 radical (unpaired) electrons. The molecule has 1 heterocycles. The number of anilines is 1. The molecule has 96 valence electrons. The van der Waals surface area contributed by atoms with Crippen LogP contribution >= 0.6 is 11.8 Å². The molecule has 2 rings (SSSR count). The van der Waals surface area contributed by atoms with E-state index in [1.807, 2.05) is 6.08 Å². The number of rotatable bonds is 4. The molecule has 2 nitrogen and oxygen atoms in total. The summed E-state index contributed by atoms with van der Waals surface area (Å²) in [5.74, 6) is 0.753. The smallest absolute Gasteiger partial charge is 0.186 e. The normalized spacial score (nSPS) is 15.5. The van der Waals surface area contributed by atoms with Gasteiger partial charge in [0.1, 0.15) is 0 Å². The Kier molecular flexibility index (Phi) is 4.88. The molecule has 0 unspecified atom stereocenters. The highest BCUT2D eigenvalue weighted by Gasteiger charge is 2.11. The number of benzene rings is 1. The molecule has 0 amide bonds. The van der Waals surface area contributed by atoms with Crippen LogP contribution in [0.1, 0.15) is 25.3 Å². The van der Waals surface area contributed by atoms with Gasteiger partial charge in [0.2, 0.25) is 0 Å². The van der Waals surface area contributed by atoms with E-state index in [0.29, 0.717) is 0 Å². The van der Waals surface area contributed by atoms with Gasteiger partial charge in [0.25, 0.3) is 0 Å². The summed E-state index contributed by atoms with van der Waals surface area (Å²) in [5, 5.41) is 0.170. The fraction of sp³-hybridized carbons (Fsp3) is 0.400. The highest BCUT2D eigenvalue weighted by atomic mass is 32.2. The molecule has 0 spiro atoms. The molecule has 1 aromatic rings. The van der Waals surface area contributed by atoms with Gasteiger partial charge in [0.15, 0.2) is 5.12 Å². The predicted molar refractivity (Wildman–Crippen MR) is 80.1 cm³/mol. The van der Waals surface area contributed by atoms with Crippen molar-refractivity contribution in [2.45, 2.75) is 19.8 Å². The van der Waals surface area contributed by atoms with Crippen LogP contribution in [0.5, 0.6) is 0 Å². The van der Waals surface area contributed by atoms with Gasteiger partial charge >= 0.3 is 0 Å². The second-order valence-electron chi connectivity index (χ2n) is 4.49. The first kappa shape index (κ1) is 13.2. The molecule has 1 fully saturated rings. The van der Waals surface area contributed by atoms with E-state index in [9.17, 15) is 4.79 Å². The molecular weight excluding hydrogens is 242 g/mol. The molecule has 3 heteroatoms. The van der Waals surface area contributed by atoms with Crippen LogP contribution in [-0.4, -0.2) is 24.0 Å². The Labute approximate surface area is 113 Å². The zero-order valence-electron chi connectivity index (χ0n) is 10.8. The summed E-state index contributed by atoms with van der Waals surface area (Å²) >= 11 is 1.34. The summed E-state index contributed by atoms with van der Waals surface area (Å²) in [7, 11) is 0. The summed E-state index contributed by atoms with van der Waals surface area (Å²) in [6.45, 7) is 3.97. The van der Waals surface area contributed by atoms with Gasteiger partial charge in [0, 0.05) is 31.5 Å². The van der Waals surface area contributed by atoms with Crippen LogP contribution in [0.25, 0.3) is 6.08 Å². The van der Waals surface area contributed by atoms with Gasteiger partial charge in [-0.15, -0.1) is 0 Å². The Hall–Kier alpha value is -1.22. The van der Waals surface area contributed by atoms with E-state index in [2.05, 4.69) is 35.2 Å². The lowest BCUT2D eigenvalue weighted by Gasteiger charge is -2.17. The summed E-state index contributed by atoms with van der Waals surface area (Å²) in [6, 6.07) is 8.65. The molecule has 1 aromatic carbocycles. The van der Waals surface area contributed by atoms with Crippen LogP contribution in [0, 0.1) is 0 Å². The summed E-state index contributed by atoms with van der Waals surface area (Å²) in [5.41, 5.74) is 2.52. The SMILES string of the molecule is CC(=O)SCC=Cc1ccc(N2CCCC2)cc1. The van der Waals surface area contributed by atoms with E-state index in [4.69, 9.17) is 0 Å². The Balaban J connectivity index is 1.88. The van der Waals surface area contributed by atoms with E-state index < -0.39 is 0 Å². The van der Waals surface area contributed by atoms with E-state index in [1.54, 1.807) is 6.92 Å². The van der Waals surface area contributed by atoms with Gasteiger partial charge in [-0.1, -0.05) is 36.0 Å². The van der Waals surface area contributed by atoms with Crippen LogP contribution in [0.15, 0.2) is 30.3 Å². The quantitative estimate of drug-likeness (QED) is 0.826. The monoisotopic (exact) mass is 261 g/mol. The first-order valence-electron chi connectivity index (χ1n) is 6.40. The number of thioether (sulfide) groups is 1. The third-order valence-corrected chi connectivity index (χ3v) is 3.82. The average Bonchev–Trinajstić information content (AvgIpc) is 2.89. The fourth-order valence-corrected chi connectivity index (χ4v) is 2.55. The minimum atomic E-state index is 0.170.